The number of nitrogens with zero attached hydrogens (tertiary/aromatic N) is 1. The Kier molecular flexibility index (Phi) is 4.01. The van der Waals surface area contributed by atoms with Gasteiger partial charge in [-0.15, -0.1) is 0 Å². The maximum Gasteiger partial charge on any atom is 0.277 e. The van der Waals surface area contributed by atoms with Gasteiger partial charge in [0.1, 0.15) is 5.70 Å². The first kappa shape index (κ1) is 13.8. The Morgan fingerprint density at radius 1 is 1.37 bits per heavy atom. The lowest BCUT2D eigenvalue weighted by Gasteiger charge is -2.14. The molecule has 2 amide bonds. The Morgan fingerprint density at radius 2 is 2.11 bits per heavy atom. The molecule has 0 aromatic heterocycles. The normalized spacial score (nSPS) is 14.9. The van der Waals surface area contributed by atoms with Crippen molar-refractivity contribution in [1.29, 1.82) is 0 Å². The van der Waals surface area contributed by atoms with Gasteiger partial charge >= 0.3 is 0 Å². The molecule has 0 radical (unpaired) electrons. The van der Waals surface area contributed by atoms with Gasteiger partial charge < -0.3 is 10.4 Å². The van der Waals surface area contributed by atoms with Crippen molar-refractivity contribution >= 4 is 33.4 Å². The molecule has 0 aliphatic carbocycles. The first-order valence-corrected chi connectivity index (χ1v) is 6.54. The lowest BCUT2D eigenvalue weighted by atomic mass is 10.2. The fourth-order valence-electron chi connectivity index (χ4n) is 1.78. The van der Waals surface area contributed by atoms with E-state index in [0.29, 0.717) is 0 Å². The number of aliphatic hydroxyl groups is 1. The van der Waals surface area contributed by atoms with E-state index in [1.165, 1.54) is 6.08 Å². The summed E-state index contributed by atoms with van der Waals surface area (Å²) in [5, 5.41) is 11.8. The average molecular weight is 325 g/mol. The lowest BCUT2D eigenvalue weighted by Crippen LogP contribution is -2.34. The van der Waals surface area contributed by atoms with Crippen molar-refractivity contribution in [3.63, 3.8) is 0 Å². The molecule has 0 saturated carbocycles. The Labute approximate surface area is 119 Å². The summed E-state index contributed by atoms with van der Waals surface area (Å²) in [6.45, 7) is 1.67. The van der Waals surface area contributed by atoms with Crippen LogP contribution in [0.2, 0.25) is 0 Å². The maximum absolute atomic E-state index is 12.0. The maximum atomic E-state index is 12.0. The quantitative estimate of drug-likeness (QED) is 0.822. The molecule has 1 aliphatic rings. The molecule has 0 saturated heterocycles. The van der Waals surface area contributed by atoms with Gasteiger partial charge in [-0.05, 0) is 24.6 Å². The Balaban J connectivity index is 2.20. The molecule has 0 atom stereocenters. The topological polar surface area (TPSA) is 69.6 Å². The van der Waals surface area contributed by atoms with Crippen LogP contribution in [0.1, 0.15) is 5.56 Å². The number of halogens is 1. The molecule has 1 aromatic carbocycles. The number of imide groups is 1. The zero-order chi connectivity index (χ0) is 14.0. The van der Waals surface area contributed by atoms with E-state index in [4.69, 9.17) is 5.11 Å². The third-order valence-electron chi connectivity index (χ3n) is 2.80. The first-order valence-electron chi connectivity index (χ1n) is 5.74. The lowest BCUT2D eigenvalue weighted by molar-refractivity contribution is -0.137. The van der Waals surface area contributed by atoms with E-state index in [2.05, 4.69) is 21.2 Å². The summed E-state index contributed by atoms with van der Waals surface area (Å²) in [5.41, 5.74) is 1.94. The van der Waals surface area contributed by atoms with Gasteiger partial charge in [0.15, 0.2) is 0 Å². The Hall–Kier alpha value is -1.66. The van der Waals surface area contributed by atoms with Crippen LogP contribution in [0.15, 0.2) is 34.4 Å². The molecule has 1 heterocycles. The van der Waals surface area contributed by atoms with Crippen LogP contribution in [-0.2, 0) is 9.59 Å². The number of hydrogen-bond acceptors (Lipinski definition) is 4. The van der Waals surface area contributed by atoms with Crippen LogP contribution in [0, 0.1) is 6.92 Å². The monoisotopic (exact) mass is 324 g/mol. The fourth-order valence-corrected chi connectivity index (χ4v) is 2.14. The summed E-state index contributed by atoms with van der Waals surface area (Å²) in [6.07, 6.45) is 1.25. The summed E-state index contributed by atoms with van der Waals surface area (Å²) in [4.78, 5) is 24.6. The summed E-state index contributed by atoms with van der Waals surface area (Å²) >= 11 is 3.35. The van der Waals surface area contributed by atoms with Gasteiger partial charge in [-0.1, -0.05) is 22.0 Å². The number of carbonyl (C=O) groups is 2. The van der Waals surface area contributed by atoms with Crippen molar-refractivity contribution in [3.05, 3.63) is 40.0 Å². The SMILES string of the molecule is Cc1ccc(Br)cc1NC1=CC(=O)N(CCO)C1=O. The number of carbonyl (C=O) groups excluding carboxylic acids is 2. The molecule has 0 unspecified atom stereocenters. The minimum absolute atomic E-state index is 0.0107. The van der Waals surface area contributed by atoms with E-state index in [-0.39, 0.29) is 18.8 Å². The number of β-amino-alcohol motifs (C(OH)–C–C–N with tert-alkyl or cyclic N) is 1. The van der Waals surface area contributed by atoms with Crippen LogP contribution in [-0.4, -0.2) is 35.0 Å². The predicted molar refractivity (Wildman–Crippen MR) is 74.4 cm³/mol. The van der Waals surface area contributed by atoms with E-state index >= 15 is 0 Å². The molecular formula is C13H13BrN2O3. The minimum Gasteiger partial charge on any atom is -0.395 e. The molecule has 1 aromatic rings. The number of hydrogen-bond donors (Lipinski definition) is 2. The number of benzene rings is 1. The molecule has 1 aliphatic heterocycles. The zero-order valence-electron chi connectivity index (χ0n) is 10.3. The number of aryl methyl sites for hydroxylation is 1. The molecule has 0 fully saturated rings. The van der Waals surface area contributed by atoms with Crippen LogP contribution in [0.3, 0.4) is 0 Å². The number of nitrogens with one attached hydrogen (secondary N) is 1. The van der Waals surface area contributed by atoms with Crippen LogP contribution < -0.4 is 5.32 Å². The Bertz CT molecular complexity index is 569. The predicted octanol–water partition coefficient (Wildman–Crippen LogP) is 1.41. The number of rotatable bonds is 4. The van der Waals surface area contributed by atoms with E-state index in [1.807, 2.05) is 25.1 Å². The van der Waals surface area contributed by atoms with Crippen LogP contribution in [0.4, 0.5) is 5.69 Å². The molecular weight excluding hydrogens is 312 g/mol. The molecule has 5 nitrogen and oxygen atoms in total. The van der Waals surface area contributed by atoms with E-state index in [0.717, 1.165) is 20.6 Å². The third-order valence-corrected chi connectivity index (χ3v) is 3.30. The minimum atomic E-state index is -0.418. The summed E-state index contributed by atoms with van der Waals surface area (Å²) in [6, 6.07) is 5.64. The van der Waals surface area contributed by atoms with Crippen LogP contribution in [0.25, 0.3) is 0 Å². The number of anilines is 1. The zero-order valence-corrected chi connectivity index (χ0v) is 11.9. The second-order valence-electron chi connectivity index (χ2n) is 4.16. The highest BCUT2D eigenvalue weighted by Gasteiger charge is 2.30. The van der Waals surface area contributed by atoms with Crippen molar-refractivity contribution in [2.45, 2.75) is 6.92 Å². The Morgan fingerprint density at radius 3 is 2.79 bits per heavy atom. The van der Waals surface area contributed by atoms with Gasteiger partial charge in [-0.3, -0.25) is 14.5 Å². The van der Waals surface area contributed by atoms with Gasteiger partial charge in [-0.2, -0.15) is 0 Å². The summed E-state index contributed by atoms with van der Waals surface area (Å²) in [5.74, 6) is -0.826. The van der Waals surface area contributed by atoms with Gasteiger partial charge in [0.05, 0.1) is 13.2 Å². The molecule has 100 valence electrons. The molecule has 2 N–H and O–H groups in total. The highest BCUT2D eigenvalue weighted by atomic mass is 79.9. The van der Waals surface area contributed by atoms with Crippen molar-refractivity contribution in [2.75, 3.05) is 18.5 Å². The van der Waals surface area contributed by atoms with Crippen LogP contribution >= 0.6 is 15.9 Å². The molecule has 0 bridgehead atoms. The highest BCUT2D eigenvalue weighted by molar-refractivity contribution is 9.10. The average Bonchev–Trinajstić information content (AvgIpc) is 2.62. The van der Waals surface area contributed by atoms with Gasteiger partial charge in [-0.25, -0.2) is 0 Å². The van der Waals surface area contributed by atoms with Crippen molar-refractivity contribution in [2.24, 2.45) is 0 Å². The van der Waals surface area contributed by atoms with Crippen molar-refractivity contribution in [3.8, 4) is 0 Å². The largest absolute Gasteiger partial charge is 0.395 e. The van der Waals surface area contributed by atoms with E-state index < -0.39 is 11.8 Å². The highest BCUT2D eigenvalue weighted by Crippen LogP contribution is 2.24. The molecule has 6 heteroatoms. The van der Waals surface area contributed by atoms with Gasteiger partial charge in [0.25, 0.3) is 11.8 Å². The fraction of sp³-hybridized carbons (Fsp3) is 0.231. The molecule has 0 spiro atoms. The number of aliphatic hydroxyl groups excluding tert-OH is 1. The van der Waals surface area contributed by atoms with Crippen LogP contribution in [0.5, 0.6) is 0 Å². The van der Waals surface area contributed by atoms with Crippen molar-refractivity contribution in [1.82, 2.24) is 4.90 Å². The molecule has 2 rings (SSSR count). The van der Waals surface area contributed by atoms with Gasteiger partial charge in [0.2, 0.25) is 0 Å². The summed E-state index contributed by atoms with van der Waals surface area (Å²) < 4.78 is 0.880. The number of amides is 2. The van der Waals surface area contributed by atoms with Crippen molar-refractivity contribution < 1.29 is 14.7 Å². The smallest absolute Gasteiger partial charge is 0.277 e. The summed E-state index contributed by atoms with van der Waals surface area (Å²) in [7, 11) is 0. The standard InChI is InChI=1S/C13H13BrN2O3/c1-8-2-3-9(14)6-10(8)15-11-7-12(18)16(4-5-17)13(11)19/h2-3,6-7,15,17H,4-5H2,1H3. The molecule has 19 heavy (non-hydrogen) atoms. The second kappa shape index (κ2) is 5.54. The van der Waals surface area contributed by atoms with Gasteiger partial charge in [0, 0.05) is 16.2 Å². The first-order chi connectivity index (χ1) is 9.02. The second-order valence-corrected chi connectivity index (χ2v) is 5.08. The van der Waals surface area contributed by atoms with E-state index in [1.54, 1.807) is 0 Å². The third kappa shape index (κ3) is 2.85. The van der Waals surface area contributed by atoms with E-state index in [9.17, 15) is 9.59 Å².